The highest BCUT2D eigenvalue weighted by molar-refractivity contribution is 4.55. The lowest BCUT2D eigenvalue weighted by molar-refractivity contribution is -0.177. The molecule has 0 aromatic carbocycles. The fourth-order valence-corrected chi connectivity index (χ4v) is 0.666. The molecule has 10 heavy (non-hydrogen) atoms. The lowest BCUT2D eigenvalue weighted by atomic mass is 10.1. The van der Waals surface area contributed by atoms with Gasteiger partial charge in [0.1, 0.15) is 0 Å². The highest BCUT2D eigenvalue weighted by atomic mass is 19.3. The van der Waals surface area contributed by atoms with E-state index in [1.807, 2.05) is 0 Å². The Labute approximate surface area is 61.3 Å². The Balaban J connectivity index is 0. The predicted molar refractivity (Wildman–Crippen MR) is 38.1 cm³/mol. The lowest BCUT2D eigenvalue weighted by Gasteiger charge is -2.08. The van der Waals surface area contributed by atoms with Crippen LogP contribution >= 0.6 is 0 Å². The minimum absolute atomic E-state index is 0. The van der Waals surface area contributed by atoms with E-state index in [9.17, 15) is 8.92 Å². The van der Waals surface area contributed by atoms with E-state index in [-0.39, 0.29) is 13.3 Å². The number of alkyl halides is 1. The third-order valence-electron chi connectivity index (χ3n) is 1.15. The van der Waals surface area contributed by atoms with Crippen molar-refractivity contribution in [1.29, 1.82) is 0 Å². The van der Waals surface area contributed by atoms with E-state index in [1.54, 1.807) is 13.8 Å². The van der Waals surface area contributed by atoms with Crippen molar-refractivity contribution in [3.8, 4) is 0 Å². The molecule has 0 aliphatic rings. The third-order valence-corrected chi connectivity index (χ3v) is 1.15. The van der Waals surface area contributed by atoms with Gasteiger partial charge in [-0.15, -0.1) is 0 Å². The van der Waals surface area contributed by atoms with Crippen LogP contribution in [0.5, 0.6) is 0 Å². The molecule has 0 N–H and O–H groups in total. The minimum Gasteiger partial charge on any atom is -0.251 e. The smallest absolute Gasteiger partial charge is 0.0959 e. The summed E-state index contributed by atoms with van der Waals surface area (Å²) in [5.41, 5.74) is 0. The maximum absolute atomic E-state index is 11.7. The summed E-state index contributed by atoms with van der Waals surface area (Å²) >= 11 is 0. The molecule has 64 valence electrons. The van der Waals surface area contributed by atoms with Crippen molar-refractivity contribution < 1.29 is 13.9 Å². The van der Waals surface area contributed by atoms with Crippen molar-refractivity contribution in [2.75, 3.05) is 6.67 Å². The van der Waals surface area contributed by atoms with E-state index in [1.165, 1.54) is 0 Å². The Morgan fingerprint density at radius 3 is 2.20 bits per heavy atom. The van der Waals surface area contributed by atoms with Crippen LogP contribution in [-0.4, -0.2) is 12.8 Å². The van der Waals surface area contributed by atoms with Crippen LogP contribution in [0.4, 0.5) is 8.92 Å². The Hall–Kier alpha value is -0.180. The molecule has 2 unspecified atom stereocenters. The van der Waals surface area contributed by atoms with Crippen molar-refractivity contribution in [3.05, 3.63) is 0 Å². The molecule has 0 radical (unpaired) electrons. The Morgan fingerprint density at radius 1 is 1.40 bits per heavy atom. The summed E-state index contributed by atoms with van der Waals surface area (Å²) in [5, 5.41) is 0. The van der Waals surface area contributed by atoms with Gasteiger partial charge in [0.25, 0.3) is 0 Å². The number of halogens is 2. The maximum atomic E-state index is 11.7. The predicted octanol–water partition coefficient (Wildman–Crippen LogP) is 2.91. The molecule has 1 nitrogen and oxygen atoms in total. The summed E-state index contributed by atoms with van der Waals surface area (Å²) in [5.74, 6) is -0.101. The van der Waals surface area contributed by atoms with E-state index >= 15 is 0 Å². The van der Waals surface area contributed by atoms with Gasteiger partial charge in [-0.3, -0.25) is 4.39 Å². The average Bonchev–Trinajstić information content (AvgIpc) is 1.87. The number of hydrogen-bond donors (Lipinski definition) is 0. The summed E-state index contributed by atoms with van der Waals surface area (Å²) < 4.78 is 23.0. The van der Waals surface area contributed by atoms with Gasteiger partial charge in [0, 0.05) is 0 Å². The zero-order valence-corrected chi connectivity index (χ0v) is 5.73. The average molecular weight is 154 g/mol. The molecule has 0 rings (SSSR count). The monoisotopic (exact) mass is 154 g/mol. The third kappa shape index (κ3) is 5.95. The molecule has 0 aromatic rings. The van der Waals surface area contributed by atoms with Crippen LogP contribution in [0.15, 0.2) is 0 Å². The fourth-order valence-electron chi connectivity index (χ4n) is 0.666. The Morgan fingerprint density at radius 2 is 1.90 bits per heavy atom. The largest absolute Gasteiger partial charge is 0.251 e. The molecule has 0 heterocycles. The summed E-state index contributed by atoms with van der Waals surface area (Å²) in [6.45, 7) is 2.88. The van der Waals surface area contributed by atoms with E-state index in [0.29, 0.717) is 6.42 Å². The van der Waals surface area contributed by atoms with Gasteiger partial charge in [0.05, 0.1) is 12.8 Å². The molecule has 2 atom stereocenters. The zero-order valence-electron chi connectivity index (χ0n) is 5.73. The van der Waals surface area contributed by atoms with Crippen LogP contribution in [-0.2, 0) is 4.94 Å². The van der Waals surface area contributed by atoms with E-state index in [4.69, 9.17) is 0 Å². The van der Waals surface area contributed by atoms with Gasteiger partial charge < -0.3 is 0 Å². The topological polar surface area (TPSA) is 9.23 Å². The first-order valence-electron chi connectivity index (χ1n) is 3.04. The molecule has 0 bridgehead atoms. The highest BCUT2D eigenvalue weighted by Gasteiger charge is 2.08. The Bertz CT molecular complexity index is 60.6. The number of rotatable bonds is 4. The van der Waals surface area contributed by atoms with Crippen molar-refractivity contribution in [1.82, 2.24) is 0 Å². The second-order valence-corrected chi connectivity index (χ2v) is 2.39. The highest BCUT2D eigenvalue weighted by Crippen LogP contribution is 2.08. The first-order chi connectivity index (χ1) is 4.20. The first kappa shape index (κ1) is 12.5. The minimum atomic E-state index is -0.476. The van der Waals surface area contributed by atoms with E-state index < -0.39 is 12.8 Å². The van der Waals surface area contributed by atoms with Crippen molar-refractivity contribution in [3.63, 3.8) is 0 Å². The van der Waals surface area contributed by atoms with E-state index in [0.717, 1.165) is 0 Å². The molecular weight excluding hydrogens is 138 g/mol. The second-order valence-electron chi connectivity index (χ2n) is 2.39. The van der Waals surface area contributed by atoms with Crippen LogP contribution in [0.1, 0.15) is 27.7 Å². The molecular formula is C7H16F2O. The van der Waals surface area contributed by atoms with Gasteiger partial charge in [-0.25, -0.2) is 0 Å². The van der Waals surface area contributed by atoms with Gasteiger partial charge in [-0.2, -0.15) is 4.94 Å². The molecule has 0 aliphatic heterocycles. The lowest BCUT2D eigenvalue weighted by Crippen LogP contribution is -2.09. The van der Waals surface area contributed by atoms with Crippen LogP contribution < -0.4 is 0 Å². The molecule has 0 aromatic heterocycles. The van der Waals surface area contributed by atoms with Gasteiger partial charge >= 0.3 is 0 Å². The molecule has 0 spiro atoms. The zero-order chi connectivity index (χ0) is 7.28. The van der Waals surface area contributed by atoms with Crippen LogP contribution in [0.3, 0.4) is 0 Å². The van der Waals surface area contributed by atoms with Crippen molar-refractivity contribution in [2.24, 2.45) is 5.92 Å². The molecule has 0 saturated heterocycles. The van der Waals surface area contributed by atoms with Gasteiger partial charge in [0.15, 0.2) is 0 Å². The molecule has 0 aliphatic carbocycles. The van der Waals surface area contributed by atoms with Crippen LogP contribution in [0.25, 0.3) is 0 Å². The number of hydrogen-bond acceptors (Lipinski definition) is 1. The maximum Gasteiger partial charge on any atom is 0.0959 e. The Kier molecular flexibility index (Phi) is 8.66. The molecule has 0 amide bonds. The summed E-state index contributed by atoms with van der Waals surface area (Å²) in [4.78, 5) is 3.46. The van der Waals surface area contributed by atoms with Gasteiger partial charge in [-0.05, 0) is 23.8 Å². The SMILES string of the molecule is C.CC(CF)CC(C)OF. The van der Waals surface area contributed by atoms with Crippen molar-refractivity contribution in [2.45, 2.75) is 33.8 Å². The van der Waals surface area contributed by atoms with Crippen LogP contribution in [0, 0.1) is 5.92 Å². The second kappa shape index (κ2) is 6.93. The molecule has 0 fully saturated rings. The molecule has 0 saturated carbocycles. The molecule has 3 heteroatoms. The summed E-state index contributed by atoms with van der Waals surface area (Å²) in [6.07, 6.45) is -0.0387. The van der Waals surface area contributed by atoms with Gasteiger partial charge in [0.2, 0.25) is 0 Å². The van der Waals surface area contributed by atoms with Crippen LogP contribution in [0.2, 0.25) is 0 Å². The summed E-state index contributed by atoms with van der Waals surface area (Å²) in [6, 6.07) is 0. The standard InChI is InChI=1S/C6H12F2O.CH4/c1-5(4-7)3-6(2)9-8;/h5-6H,3-4H2,1-2H3;1H4. The van der Waals surface area contributed by atoms with E-state index in [2.05, 4.69) is 4.94 Å². The first-order valence-corrected chi connectivity index (χ1v) is 3.04. The fraction of sp³-hybridized carbons (Fsp3) is 1.00. The normalized spacial score (nSPS) is 15.6. The van der Waals surface area contributed by atoms with Crippen molar-refractivity contribution >= 4 is 0 Å². The quantitative estimate of drug-likeness (QED) is 0.605. The van der Waals surface area contributed by atoms with Gasteiger partial charge in [-0.1, -0.05) is 14.4 Å². The summed E-state index contributed by atoms with van der Waals surface area (Å²) in [7, 11) is 0.